The first-order valence-electron chi connectivity index (χ1n) is 6.70. The summed E-state index contributed by atoms with van der Waals surface area (Å²) in [5.41, 5.74) is 1.26. The molecule has 0 saturated heterocycles. The summed E-state index contributed by atoms with van der Waals surface area (Å²) < 4.78 is 0. The first-order valence-corrected chi connectivity index (χ1v) is 7.58. The summed E-state index contributed by atoms with van der Waals surface area (Å²) in [5, 5.41) is 14.4. The molecule has 0 radical (unpaired) electrons. The van der Waals surface area contributed by atoms with Crippen molar-refractivity contribution in [2.75, 3.05) is 6.54 Å². The molecule has 0 aliphatic carbocycles. The van der Waals surface area contributed by atoms with E-state index >= 15 is 0 Å². The maximum atomic E-state index is 11.0. The molecule has 1 aromatic carbocycles. The van der Waals surface area contributed by atoms with E-state index in [0.717, 1.165) is 11.4 Å². The average molecular weight is 289 g/mol. The maximum absolute atomic E-state index is 11.0. The molecule has 2 atom stereocenters. The van der Waals surface area contributed by atoms with Crippen molar-refractivity contribution in [3.8, 4) is 0 Å². The Labute approximate surface area is 123 Å². The fraction of sp³-hybridized carbons (Fsp3) is 0.312. The zero-order valence-corrected chi connectivity index (χ0v) is 12.3. The van der Waals surface area contributed by atoms with E-state index in [0.29, 0.717) is 5.92 Å². The lowest BCUT2D eigenvalue weighted by Crippen LogP contribution is -2.27. The van der Waals surface area contributed by atoms with Crippen LogP contribution in [0.2, 0.25) is 0 Å². The Morgan fingerprint density at radius 3 is 2.60 bits per heavy atom. The van der Waals surface area contributed by atoms with Crippen LogP contribution in [0.4, 0.5) is 0 Å². The van der Waals surface area contributed by atoms with E-state index in [-0.39, 0.29) is 12.5 Å². The number of hydrogen-bond acceptors (Lipinski definition) is 3. The van der Waals surface area contributed by atoms with Crippen molar-refractivity contribution in [2.45, 2.75) is 25.3 Å². The third-order valence-corrected chi connectivity index (χ3v) is 4.29. The van der Waals surface area contributed by atoms with Gasteiger partial charge in [0.05, 0.1) is 12.5 Å². The molecule has 4 heteroatoms. The van der Waals surface area contributed by atoms with Crippen molar-refractivity contribution in [3.63, 3.8) is 0 Å². The highest BCUT2D eigenvalue weighted by atomic mass is 32.1. The van der Waals surface area contributed by atoms with E-state index in [9.17, 15) is 4.79 Å². The monoisotopic (exact) mass is 289 g/mol. The third-order valence-electron chi connectivity index (χ3n) is 3.30. The van der Waals surface area contributed by atoms with E-state index in [1.54, 1.807) is 11.3 Å². The van der Waals surface area contributed by atoms with Crippen LogP contribution in [0.15, 0.2) is 47.8 Å². The van der Waals surface area contributed by atoms with Crippen LogP contribution in [0, 0.1) is 0 Å². The van der Waals surface area contributed by atoms with Gasteiger partial charge in [0.25, 0.3) is 0 Å². The minimum Gasteiger partial charge on any atom is -0.481 e. The number of hydrogen-bond donors (Lipinski definition) is 2. The molecule has 2 rings (SSSR count). The molecule has 2 aromatic rings. The highest BCUT2D eigenvalue weighted by Gasteiger charge is 2.17. The highest BCUT2D eigenvalue weighted by molar-refractivity contribution is 7.10. The third kappa shape index (κ3) is 4.18. The number of carboxylic acids is 1. The second-order valence-corrected chi connectivity index (χ2v) is 5.87. The van der Waals surface area contributed by atoms with Crippen molar-refractivity contribution < 1.29 is 9.90 Å². The van der Waals surface area contributed by atoms with Gasteiger partial charge in [-0.05, 0) is 22.9 Å². The minimum absolute atomic E-state index is 0.112. The predicted octanol–water partition coefficient (Wildman–Crippen LogP) is 3.66. The molecule has 0 saturated carbocycles. The van der Waals surface area contributed by atoms with Gasteiger partial charge in [0, 0.05) is 11.4 Å². The largest absolute Gasteiger partial charge is 0.481 e. The second-order valence-electron chi connectivity index (χ2n) is 4.89. The smallest absolute Gasteiger partial charge is 0.305 e. The van der Waals surface area contributed by atoms with Crippen molar-refractivity contribution >= 4 is 17.3 Å². The number of nitrogens with one attached hydrogen (secondary N) is 1. The predicted molar refractivity (Wildman–Crippen MR) is 82.2 cm³/mol. The van der Waals surface area contributed by atoms with Crippen LogP contribution in [-0.2, 0) is 4.79 Å². The second kappa shape index (κ2) is 7.22. The lowest BCUT2D eigenvalue weighted by molar-refractivity contribution is -0.137. The lowest BCUT2D eigenvalue weighted by atomic mass is 10.0. The minimum atomic E-state index is -0.775. The Morgan fingerprint density at radius 1 is 1.25 bits per heavy atom. The van der Waals surface area contributed by atoms with E-state index in [1.165, 1.54) is 5.56 Å². The molecule has 2 N–H and O–H groups in total. The van der Waals surface area contributed by atoms with Crippen LogP contribution in [0.3, 0.4) is 0 Å². The quantitative estimate of drug-likeness (QED) is 0.818. The highest BCUT2D eigenvalue weighted by Crippen LogP contribution is 2.23. The molecule has 106 valence electrons. The summed E-state index contributed by atoms with van der Waals surface area (Å²) in [6.45, 7) is 2.91. The summed E-state index contributed by atoms with van der Waals surface area (Å²) in [5.74, 6) is -0.421. The van der Waals surface area contributed by atoms with Gasteiger partial charge in [-0.3, -0.25) is 4.79 Å². The Kier molecular flexibility index (Phi) is 5.32. The molecule has 20 heavy (non-hydrogen) atoms. The standard InChI is InChI=1S/C16H19NO2S/c1-12(13-6-3-2-4-7-13)11-17-14(10-16(18)19)15-8-5-9-20-15/h2-9,12,14,17H,10-11H2,1H3,(H,18,19). The summed E-state index contributed by atoms with van der Waals surface area (Å²) in [6.07, 6.45) is 0.113. The van der Waals surface area contributed by atoms with Crippen molar-refractivity contribution in [1.82, 2.24) is 5.32 Å². The van der Waals surface area contributed by atoms with Gasteiger partial charge >= 0.3 is 5.97 Å². The molecular formula is C16H19NO2S. The zero-order valence-electron chi connectivity index (χ0n) is 11.5. The zero-order chi connectivity index (χ0) is 14.4. The molecule has 0 fully saturated rings. The van der Waals surface area contributed by atoms with Gasteiger partial charge in [-0.25, -0.2) is 0 Å². The molecule has 0 spiro atoms. The first kappa shape index (κ1) is 14.8. The van der Waals surface area contributed by atoms with Crippen molar-refractivity contribution in [3.05, 3.63) is 58.3 Å². The number of aliphatic carboxylic acids is 1. The van der Waals surface area contributed by atoms with Crippen LogP contribution in [0.25, 0.3) is 0 Å². The SMILES string of the molecule is CC(CNC(CC(=O)O)c1cccs1)c1ccccc1. The molecule has 1 heterocycles. The maximum Gasteiger partial charge on any atom is 0.305 e. The Morgan fingerprint density at radius 2 is 2.00 bits per heavy atom. The summed E-state index contributed by atoms with van der Waals surface area (Å²) in [7, 11) is 0. The van der Waals surface area contributed by atoms with E-state index < -0.39 is 5.97 Å². The molecule has 0 aliphatic rings. The van der Waals surface area contributed by atoms with Gasteiger partial charge in [-0.1, -0.05) is 43.3 Å². The molecule has 0 amide bonds. The summed E-state index contributed by atoms with van der Waals surface area (Å²) in [4.78, 5) is 12.1. The van der Waals surface area contributed by atoms with Crippen molar-refractivity contribution in [1.29, 1.82) is 0 Å². The summed E-state index contributed by atoms with van der Waals surface area (Å²) in [6, 6.07) is 14.1. The van der Waals surface area contributed by atoms with Crippen LogP contribution >= 0.6 is 11.3 Å². The fourth-order valence-corrected chi connectivity index (χ4v) is 2.96. The van der Waals surface area contributed by atoms with Crippen LogP contribution in [0.1, 0.15) is 35.7 Å². The topological polar surface area (TPSA) is 49.3 Å². The van der Waals surface area contributed by atoms with Gasteiger partial charge in [0.15, 0.2) is 0 Å². The van der Waals surface area contributed by atoms with Gasteiger partial charge in [0.2, 0.25) is 0 Å². The van der Waals surface area contributed by atoms with Gasteiger partial charge < -0.3 is 10.4 Å². The van der Waals surface area contributed by atoms with E-state index in [1.807, 2.05) is 35.7 Å². The van der Waals surface area contributed by atoms with E-state index in [2.05, 4.69) is 24.4 Å². The van der Waals surface area contributed by atoms with E-state index in [4.69, 9.17) is 5.11 Å². The fourth-order valence-electron chi connectivity index (χ4n) is 2.16. The summed E-state index contributed by atoms with van der Waals surface area (Å²) >= 11 is 1.59. The van der Waals surface area contributed by atoms with Gasteiger partial charge in [0.1, 0.15) is 0 Å². The molecule has 3 nitrogen and oxygen atoms in total. The normalized spacial score (nSPS) is 13.8. The number of rotatable bonds is 7. The number of benzene rings is 1. The molecule has 0 aliphatic heterocycles. The molecule has 1 aromatic heterocycles. The van der Waals surface area contributed by atoms with Crippen molar-refractivity contribution in [2.24, 2.45) is 0 Å². The van der Waals surface area contributed by atoms with Gasteiger partial charge in [-0.2, -0.15) is 0 Å². The van der Waals surface area contributed by atoms with Gasteiger partial charge in [-0.15, -0.1) is 11.3 Å². The molecular weight excluding hydrogens is 270 g/mol. The van der Waals surface area contributed by atoms with Crippen LogP contribution in [0.5, 0.6) is 0 Å². The lowest BCUT2D eigenvalue weighted by Gasteiger charge is -2.19. The number of thiophene rings is 1. The first-order chi connectivity index (χ1) is 9.66. The Bertz CT molecular complexity index is 525. The number of carbonyl (C=O) groups is 1. The van der Waals surface area contributed by atoms with Crippen LogP contribution < -0.4 is 5.32 Å². The molecule has 2 unspecified atom stereocenters. The molecule has 0 bridgehead atoms. The van der Waals surface area contributed by atoms with Crippen LogP contribution in [-0.4, -0.2) is 17.6 Å². The number of carboxylic acid groups (broad SMARTS) is 1. The Balaban J connectivity index is 1.97. The Hall–Kier alpha value is -1.65. The average Bonchev–Trinajstić information content (AvgIpc) is 2.97.